The molecular weight excluding hydrogens is 330 g/mol. The molecule has 0 saturated carbocycles. The largest absolute Gasteiger partial charge is 0.444 e. The second-order valence-corrected chi connectivity index (χ2v) is 8.07. The van der Waals surface area contributed by atoms with E-state index in [1.807, 2.05) is 6.92 Å². The lowest BCUT2D eigenvalue weighted by molar-refractivity contribution is -0.120. The number of nitrogens with one attached hydrogen (secondary N) is 2. The molecule has 1 saturated heterocycles. The van der Waals surface area contributed by atoms with Crippen molar-refractivity contribution >= 4 is 28.5 Å². The van der Waals surface area contributed by atoms with Crippen LogP contribution in [-0.4, -0.2) is 41.8 Å². The van der Waals surface area contributed by atoms with Crippen LogP contribution < -0.4 is 10.6 Å². The quantitative estimate of drug-likeness (QED) is 0.867. The molecule has 0 aromatic carbocycles. The monoisotopic (exact) mass is 355 g/mol. The third-order valence-corrected chi connectivity index (χ3v) is 4.37. The Hall–Kier alpha value is -1.67. The molecular formula is C16H25N3O4S. The summed E-state index contributed by atoms with van der Waals surface area (Å²) in [5.41, 5.74) is -0.618. The minimum atomic E-state index is -0.673. The molecule has 1 aliphatic rings. The number of carbonyl (C=O) groups excluding carboxylic acids is 2. The van der Waals surface area contributed by atoms with Gasteiger partial charge in [-0.2, -0.15) is 0 Å². The van der Waals surface area contributed by atoms with Crippen LogP contribution in [0.15, 0.2) is 6.20 Å². The summed E-state index contributed by atoms with van der Waals surface area (Å²) >= 11 is 1.40. The van der Waals surface area contributed by atoms with Crippen molar-refractivity contribution in [2.24, 2.45) is 5.92 Å². The number of nitrogens with zero attached hydrogens (tertiary/aromatic N) is 1. The number of hydrogen-bond acceptors (Lipinski definition) is 6. The summed E-state index contributed by atoms with van der Waals surface area (Å²) in [5.74, 6) is -0.269. The van der Waals surface area contributed by atoms with Crippen molar-refractivity contribution in [3.8, 4) is 0 Å². The zero-order chi connectivity index (χ0) is 17.7. The summed E-state index contributed by atoms with van der Waals surface area (Å²) in [6.45, 7) is 8.45. The lowest BCUT2D eigenvalue weighted by Gasteiger charge is -2.30. The van der Waals surface area contributed by atoms with E-state index >= 15 is 0 Å². The Kier molecular flexibility index (Phi) is 6.17. The van der Waals surface area contributed by atoms with Gasteiger partial charge in [-0.15, -0.1) is 11.3 Å². The summed E-state index contributed by atoms with van der Waals surface area (Å²) < 4.78 is 10.6. The topological polar surface area (TPSA) is 89.6 Å². The van der Waals surface area contributed by atoms with Gasteiger partial charge in [0.2, 0.25) is 5.91 Å². The van der Waals surface area contributed by atoms with Gasteiger partial charge >= 0.3 is 6.09 Å². The summed E-state index contributed by atoms with van der Waals surface area (Å²) in [4.78, 5) is 29.9. The van der Waals surface area contributed by atoms with E-state index in [-0.39, 0.29) is 11.8 Å². The summed E-state index contributed by atoms with van der Waals surface area (Å²) in [6, 6.07) is -0.673. The van der Waals surface area contributed by atoms with Crippen LogP contribution in [0.2, 0.25) is 0 Å². The normalized spacial score (nSPS) is 17.2. The van der Waals surface area contributed by atoms with E-state index in [1.54, 1.807) is 27.0 Å². The molecule has 0 bridgehead atoms. The van der Waals surface area contributed by atoms with E-state index in [4.69, 9.17) is 9.47 Å². The molecule has 8 heteroatoms. The smallest absolute Gasteiger partial charge is 0.408 e. The average Bonchev–Trinajstić information content (AvgIpc) is 2.89. The first-order valence-electron chi connectivity index (χ1n) is 8.05. The molecule has 2 N–H and O–H groups in total. The van der Waals surface area contributed by atoms with Crippen molar-refractivity contribution in [3.05, 3.63) is 11.1 Å². The second-order valence-electron chi connectivity index (χ2n) is 6.84. The maximum atomic E-state index is 12.7. The first-order chi connectivity index (χ1) is 11.2. The molecule has 0 aliphatic carbocycles. The van der Waals surface area contributed by atoms with E-state index in [2.05, 4.69) is 15.6 Å². The van der Waals surface area contributed by atoms with Crippen LogP contribution in [0.25, 0.3) is 0 Å². The molecule has 134 valence electrons. The molecule has 2 heterocycles. The van der Waals surface area contributed by atoms with Crippen LogP contribution in [-0.2, 0) is 14.3 Å². The fraction of sp³-hybridized carbons (Fsp3) is 0.688. The Balaban J connectivity index is 2.06. The van der Waals surface area contributed by atoms with Crippen LogP contribution in [0, 0.1) is 12.8 Å². The second kappa shape index (κ2) is 7.94. The van der Waals surface area contributed by atoms with E-state index in [0.29, 0.717) is 31.2 Å². The van der Waals surface area contributed by atoms with Gasteiger partial charge in [0.15, 0.2) is 5.13 Å². The summed E-state index contributed by atoms with van der Waals surface area (Å²) in [6.07, 6.45) is 2.53. The van der Waals surface area contributed by atoms with Gasteiger partial charge in [-0.25, -0.2) is 9.78 Å². The standard InChI is InChI=1S/C16H25N3O4S/c1-10-9-17-14(24-10)19-13(20)12(11-5-7-22-8-6-11)18-15(21)23-16(2,3)4/h9,11-12H,5-8H2,1-4H3,(H,18,21)(H,17,19,20). The number of rotatable bonds is 4. The van der Waals surface area contributed by atoms with Gasteiger partial charge in [-0.1, -0.05) is 0 Å². The van der Waals surface area contributed by atoms with Crippen LogP contribution in [0.5, 0.6) is 0 Å². The van der Waals surface area contributed by atoms with Gasteiger partial charge in [0, 0.05) is 24.3 Å². The molecule has 0 radical (unpaired) electrons. The Bertz CT molecular complexity index is 576. The van der Waals surface area contributed by atoms with E-state index in [0.717, 1.165) is 4.88 Å². The number of amides is 2. The average molecular weight is 355 g/mol. The Morgan fingerprint density at radius 2 is 2.04 bits per heavy atom. The number of thiazole rings is 1. The highest BCUT2D eigenvalue weighted by molar-refractivity contribution is 7.15. The number of aryl methyl sites for hydroxylation is 1. The molecule has 1 fully saturated rings. The zero-order valence-corrected chi connectivity index (χ0v) is 15.4. The number of ether oxygens (including phenoxy) is 2. The molecule has 2 rings (SSSR count). The van der Waals surface area contributed by atoms with Gasteiger partial charge in [-0.3, -0.25) is 4.79 Å². The van der Waals surface area contributed by atoms with Crippen molar-refractivity contribution < 1.29 is 19.1 Å². The zero-order valence-electron chi connectivity index (χ0n) is 14.5. The molecule has 1 aromatic heterocycles. The van der Waals surface area contributed by atoms with Crippen LogP contribution >= 0.6 is 11.3 Å². The minimum absolute atomic E-state index is 0.00678. The SMILES string of the molecule is Cc1cnc(NC(=O)C(NC(=O)OC(C)(C)C)C2CCOCC2)s1. The van der Waals surface area contributed by atoms with E-state index in [9.17, 15) is 9.59 Å². The highest BCUT2D eigenvalue weighted by Crippen LogP contribution is 2.22. The van der Waals surface area contributed by atoms with E-state index in [1.165, 1.54) is 11.3 Å². The van der Waals surface area contributed by atoms with Crippen molar-refractivity contribution in [1.29, 1.82) is 0 Å². The third kappa shape index (κ3) is 5.76. The molecule has 24 heavy (non-hydrogen) atoms. The van der Waals surface area contributed by atoms with Crippen LogP contribution in [0.3, 0.4) is 0 Å². The Morgan fingerprint density at radius 3 is 2.58 bits per heavy atom. The van der Waals surface area contributed by atoms with Gasteiger partial charge < -0.3 is 20.1 Å². The first-order valence-corrected chi connectivity index (χ1v) is 8.87. The van der Waals surface area contributed by atoms with Gasteiger partial charge in [0.25, 0.3) is 0 Å². The number of hydrogen-bond donors (Lipinski definition) is 2. The van der Waals surface area contributed by atoms with Crippen molar-refractivity contribution in [2.45, 2.75) is 52.2 Å². The van der Waals surface area contributed by atoms with Gasteiger partial charge in [-0.05, 0) is 46.5 Å². The molecule has 2 amide bonds. The van der Waals surface area contributed by atoms with Crippen LogP contribution in [0.4, 0.5) is 9.93 Å². The predicted octanol–water partition coefficient (Wildman–Crippen LogP) is 2.71. The molecule has 0 spiro atoms. The third-order valence-electron chi connectivity index (χ3n) is 3.54. The molecule has 1 atom stereocenters. The Labute approximate surface area is 146 Å². The fourth-order valence-electron chi connectivity index (χ4n) is 2.48. The number of carbonyl (C=O) groups is 2. The number of aromatic nitrogens is 1. The molecule has 1 unspecified atom stereocenters. The number of alkyl carbamates (subject to hydrolysis) is 1. The highest BCUT2D eigenvalue weighted by atomic mass is 32.1. The maximum absolute atomic E-state index is 12.7. The van der Waals surface area contributed by atoms with Crippen molar-refractivity contribution in [3.63, 3.8) is 0 Å². The fourth-order valence-corrected chi connectivity index (χ4v) is 3.14. The summed E-state index contributed by atoms with van der Waals surface area (Å²) in [5, 5.41) is 6.03. The first kappa shape index (κ1) is 18.7. The highest BCUT2D eigenvalue weighted by Gasteiger charge is 2.33. The summed E-state index contributed by atoms with van der Waals surface area (Å²) in [7, 11) is 0. The lowest BCUT2D eigenvalue weighted by atomic mass is 9.91. The molecule has 1 aliphatic heterocycles. The predicted molar refractivity (Wildman–Crippen MR) is 92.2 cm³/mol. The van der Waals surface area contributed by atoms with E-state index < -0.39 is 17.7 Å². The molecule has 1 aromatic rings. The molecule has 7 nitrogen and oxygen atoms in total. The Morgan fingerprint density at radius 1 is 1.38 bits per heavy atom. The van der Waals surface area contributed by atoms with Crippen molar-refractivity contribution in [2.75, 3.05) is 18.5 Å². The van der Waals surface area contributed by atoms with Crippen molar-refractivity contribution in [1.82, 2.24) is 10.3 Å². The van der Waals surface area contributed by atoms with Gasteiger partial charge in [0.1, 0.15) is 11.6 Å². The number of anilines is 1. The van der Waals surface area contributed by atoms with Gasteiger partial charge in [0.05, 0.1) is 0 Å². The maximum Gasteiger partial charge on any atom is 0.408 e. The van der Waals surface area contributed by atoms with Crippen LogP contribution in [0.1, 0.15) is 38.5 Å². The lowest BCUT2D eigenvalue weighted by Crippen LogP contribution is -2.51. The minimum Gasteiger partial charge on any atom is -0.444 e.